The Bertz CT molecular complexity index is 286. The smallest absolute Gasteiger partial charge is 0.138 e. The van der Waals surface area contributed by atoms with Gasteiger partial charge in [0.25, 0.3) is 0 Å². The molecule has 0 spiro atoms. The number of rotatable bonds is 3. The first-order chi connectivity index (χ1) is 6.13. The third-order valence-corrected chi connectivity index (χ3v) is 2.52. The van der Waals surface area contributed by atoms with Gasteiger partial charge in [-0.3, -0.25) is 0 Å². The molecule has 13 heavy (non-hydrogen) atoms. The third-order valence-electron chi connectivity index (χ3n) is 1.50. The van der Waals surface area contributed by atoms with E-state index in [9.17, 15) is 0 Å². The molecule has 0 aliphatic heterocycles. The number of hydrogen-bond acceptors (Lipinski definition) is 2. The van der Waals surface area contributed by atoms with Gasteiger partial charge in [0.15, 0.2) is 0 Å². The van der Waals surface area contributed by atoms with Crippen molar-refractivity contribution in [3.05, 3.63) is 23.2 Å². The molecule has 0 aliphatic rings. The lowest BCUT2D eigenvalue weighted by molar-refractivity contribution is 0.242. The summed E-state index contributed by atoms with van der Waals surface area (Å²) in [5, 5.41) is 0.681. The van der Waals surface area contributed by atoms with Crippen molar-refractivity contribution in [2.24, 2.45) is 0 Å². The zero-order valence-electron chi connectivity index (χ0n) is 8.00. The summed E-state index contributed by atoms with van der Waals surface area (Å²) in [5.74, 6) is 0.759. The van der Waals surface area contributed by atoms with Gasteiger partial charge < -0.3 is 4.74 Å². The zero-order chi connectivity index (χ0) is 9.84. The van der Waals surface area contributed by atoms with E-state index in [1.165, 1.54) is 0 Å². The van der Waals surface area contributed by atoms with Crippen LogP contribution in [0.4, 0.5) is 0 Å². The summed E-state index contributed by atoms with van der Waals surface area (Å²) in [7, 11) is 0. The minimum Gasteiger partial charge on any atom is -0.489 e. The number of hydrogen-bond donors (Lipinski definition) is 0. The summed E-state index contributed by atoms with van der Waals surface area (Å²) in [6, 6.07) is 5.84. The normalized spacial score (nSPS) is 10.5. The topological polar surface area (TPSA) is 9.23 Å². The molecule has 0 amide bonds. The summed E-state index contributed by atoms with van der Waals surface area (Å²) in [5.41, 5.74) is 0. The fourth-order valence-corrected chi connectivity index (χ4v) is 1.69. The molecule has 1 rings (SSSR count). The summed E-state index contributed by atoms with van der Waals surface area (Å²) < 4.78 is 5.50. The molecule has 0 atom stereocenters. The average Bonchev–Trinajstić information content (AvgIpc) is 2.08. The van der Waals surface area contributed by atoms with Gasteiger partial charge in [0.05, 0.1) is 11.1 Å². The van der Waals surface area contributed by atoms with Crippen molar-refractivity contribution in [2.75, 3.05) is 6.26 Å². The van der Waals surface area contributed by atoms with E-state index in [2.05, 4.69) is 0 Å². The number of halogens is 1. The maximum atomic E-state index is 6.01. The SMILES string of the molecule is CSc1ccc(OC(C)C)c(Cl)c1. The van der Waals surface area contributed by atoms with Crippen molar-refractivity contribution in [3.63, 3.8) is 0 Å². The first kappa shape index (κ1) is 10.7. The van der Waals surface area contributed by atoms with E-state index >= 15 is 0 Å². The van der Waals surface area contributed by atoms with Gasteiger partial charge in [-0.15, -0.1) is 11.8 Å². The highest BCUT2D eigenvalue weighted by molar-refractivity contribution is 7.98. The van der Waals surface area contributed by atoms with Gasteiger partial charge in [-0.2, -0.15) is 0 Å². The molecular formula is C10H13ClOS. The number of benzene rings is 1. The summed E-state index contributed by atoms with van der Waals surface area (Å²) >= 11 is 7.68. The van der Waals surface area contributed by atoms with Crippen molar-refractivity contribution in [2.45, 2.75) is 24.8 Å². The molecule has 0 saturated heterocycles. The molecular weight excluding hydrogens is 204 g/mol. The molecule has 0 heterocycles. The maximum Gasteiger partial charge on any atom is 0.138 e. The Labute approximate surface area is 88.4 Å². The van der Waals surface area contributed by atoms with Crippen LogP contribution in [-0.2, 0) is 0 Å². The van der Waals surface area contributed by atoms with Gasteiger partial charge >= 0.3 is 0 Å². The second-order valence-electron chi connectivity index (χ2n) is 2.96. The molecule has 0 aromatic heterocycles. The predicted octanol–water partition coefficient (Wildman–Crippen LogP) is 3.85. The Morgan fingerprint density at radius 1 is 1.38 bits per heavy atom. The Hall–Kier alpha value is -0.340. The minimum absolute atomic E-state index is 0.164. The van der Waals surface area contributed by atoms with Gasteiger partial charge in [-0.25, -0.2) is 0 Å². The van der Waals surface area contributed by atoms with Gasteiger partial charge in [-0.05, 0) is 38.3 Å². The highest BCUT2D eigenvalue weighted by atomic mass is 35.5. The lowest BCUT2D eigenvalue weighted by Gasteiger charge is -2.11. The van der Waals surface area contributed by atoms with Crippen LogP contribution in [0.2, 0.25) is 5.02 Å². The molecule has 0 fully saturated rings. The summed E-state index contributed by atoms with van der Waals surface area (Å²) in [4.78, 5) is 1.15. The molecule has 0 N–H and O–H groups in total. The molecule has 1 aromatic rings. The van der Waals surface area contributed by atoms with E-state index in [4.69, 9.17) is 16.3 Å². The molecule has 0 saturated carbocycles. The van der Waals surface area contributed by atoms with Crippen LogP contribution < -0.4 is 4.74 Å². The first-order valence-electron chi connectivity index (χ1n) is 4.13. The fourth-order valence-electron chi connectivity index (χ4n) is 0.958. The number of thioether (sulfide) groups is 1. The Kier molecular flexibility index (Phi) is 3.94. The zero-order valence-corrected chi connectivity index (χ0v) is 9.58. The Balaban J connectivity index is 2.85. The fraction of sp³-hybridized carbons (Fsp3) is 0.400. The van der Waals surface area contributed by atoms with Crippen LogP contribution in [0.1, 0.15) is 13.8 Å². The third kappa shape index (κ3) is 3.12. The van der Waals surface area contributed by atoms with Crippen molar-refractivity contribution in [3.8, 4) is 5.75 Å². The molecule has 1 nitrogen and oxygen atoms in total. The monoisotopic (exact) mass is 216 g/mol. The molecule has 3 heteroatoms. The van der Waals surface area contributed by atoms with Crippen molar-refractivity contribution in [1.82, 2.24) is 0 Å². The summed E-state index contributed by atoms with van der Waals surface area (Å²) in [6.45, 7) is 3.97. The Morgan fingerprint density at radius 3 is 2.54 bits per heavy atom. The van der Waals surface area contributed by atoms with Crippen LogP contribution in [0.5, 0.6) is 5.75 Å². The van der Waals surface area contributed by atoms with Crippen LogP contribution in [-0.4, -0.2) is 12.4 Å². The van der Waals surface area contributed by atoms with Gasteiger partial charge in [0, 0.05) is 4.90 Å². The van der Waals surface area contributed by atoms with E-state index in [1.807, 2.05) is 38.3 Å². The highest BCUT2D eigenvalue weighted by Crippen LogP contribution is 2.29. The lowest BCUT2D eigenvalue weighted by atomic mass is 10.3. The Morgan fingerprint density at radius 2 is 2.08 bits per heavy atom. The number of ether oxygens (including phenoxy) is 1. The van der Waals surface area contributed by atoms with Crippen LogP contribution >= 0.6 is 23.4 Å². The van der Waals surface area contributed by atoms with Crippen molar-refractivity contribution >= 4 is 23.4 Å². The lowest BCUT2D eigenvalue weighted by Crippen LogP contribution is -2.05. The van der Waals surface area contributed by atoms with E-state index < -0.39 is 0 Å². The highest BCUT2D eigenvalue weighted by Gasteiger charge is 2.03. The van der Waals surface area contributed by atoms with Crippen LogP contribution in [0.15, 0.2) is 23.1 Å². The average molecular weight is 217 g/mol. The maximum absolute atomic E-state index is 6.01. The van der Waals surface area contributed by atoms with E-state index in [0.29, 0.717) is 5.02 Å². The van der Waals surface area contributed by atoms with E-state index in [-0.39, 0.29) is 6.10 Å². The molecule has 1 aromatic carbocycles. The van der Waals surface area contributed by atoms with E-state index in [0.717, 1.165) is 10.6 Å². The second kappa shape index (κ2) is 4.77. The van der Waals surface area contributed by atoms with Crippen LogP contribution in [0.3, 0.4) is 0 Å². The van der Waals surface area contributed by atoms with Crippen molar-refractivity contribution < 1.29 is 4.74 Å². The first-order valence-corrected chi connectivity index (χ1v) is 5.74. The van der Waals surface area contributed by atoms with Crippen molar-refractivity contribution in [1.29, 1.82) is 0 Å². The minimum atomic E-state index is 0.164. The molecule has 0 unspecified atom stereocenters. The molecule has 0 aliphatic carbocycles. The van der Waals surface area contributed by atoms with Crippen LogP contribution in [0.25, 0.3) is 0 Å². The van der Waals surface area contributed by atoms with E-state index in [1.54, 1.807) is 11.8 Å². The molecule has 72 valence electrons. The second-order valence-corrected chi connectivity index (χ2v) is 4.25. The largest absolute Gasteiger partial charge is 0.489 e. The van der Waals surface area contributed by atoms with Gasteiger partial charge in [0.2, 0.25) is 0 Å². The summed E-state index contributed by atoms with van der Waals surface area (Å²) in [6.07, 6.45) is 2.19. The quantitative estimate of drug-likeness (QED) is 0.710. The standard InChI is InChI=1S/C10H13ClOS/c1-7(2)12-10-5-4-8(13-3)6-9(10)11/h4-7H,1-3H3. The van der Waals surface area contributed by atoms with Gasteiger partial charge in [-0.1, -0.05) is 11.6 Å². The van der Waals surface area contributed by atoms with Gasteiger partial charge in [0.1, 0.15) is 5.75 Å². The van der Waals surface area contributed by atoms with Crippen LogP contribution in [0, 0.1) is 0 Å². The predicted molar refractivity (Wildman–Crippen MR) is 59.0 cm³/mol. The molecule has 0 radical (unpaired) electrons. The molecule has 0 bridgehead atoms.